The van der Waals surface area contributed by atoms with Gasteiger partial charge in [-0.2, -0.15) is 48.3 Å². The molecule has 0 fully saturated rings. The number of aliphatic carboxylic acids is 1. The Morgan fingerprint density at radius 3 is 1.30 bits per heavy atom. The molecular weight excluding hydrogens is 329 g/mol. The van der Waals surface area contributed by atoms with Crippen molar-refractivity contribution in [1.29, 1.82) is 0 Å². The monoisotopic (exact) mass is 330 g/mol. The predicted octanol–water partition coefficient (Wildman–Crippen LogP) is 3.11. The molecule has 14 heteroatoms. The second-order valence-corrected chi connectivity index (χ2v) is 3.09. The quantitative estimate of drug-likeness (QED) is 0.806. The fourth-order valence-electron chi connectivity index (χ4n) is 0.628. The molecule has 0 spiro atoms. The molecule has 0 aromatic carbocycles. The molecule has 0 rings (SSSR count). The van der Waals surface area contributed by atoms with E-state index < -0.39 is 36.2 Å². The summed E-state index contributed by atoms with van der Waals surface area (Å²) < 4.78 is 134. The van der Waals surface area contributed by atoms with E-state index in [-0.39, 0.29) is 0 Å². The molecule has 0 unspecified atom stereocenters. The highest BCUT2D eigenvalue weighted by Gasteiger charge is 2.79. The number of carboxylic acids is 1. The van der Waals surface area contributed by atoms with Crippen molar-refractivity contribution in [2.75, 3.05) is 0 Å². The van der Waals surface area contributed by atoms with Gasteiger partial charge in [-0.3, -0.25) is 4.74 Å². The molecule has 0 aliphatic rings. The largest absolute Gasteiger partial charge is 0.477 e. The second-order valence-electron chi connectivity index (χ2n) is 3.09. The SMILES string of the molecule is O=C(O)[C@](F)(OC(F)(F)C(F)(F)C(F)(F)F)C(F)(F)F. The van der Waals surface area contributed by atoms with Crippen LogP contribution < -0.4 is 0 Å². The first kappa shape index (κ1) is 18.7. The molecular formula is C6HF11O3. The molecule has 0 heterocycles. The van der Waals surface area contributed by atoms with Crippen molar-refractivity contribution in [3.05, 3.63) is 0 Å². The molecule has 20 heavy (non-hydrogen) atoms. The van der Waals surface area contributed by atoms with Gasteiger partial charge in [-0.05, 0) is 0 Å². The molecule has 0 aliphatic carbocycles. The van der Waals surface area contributed by atoms with Gasteiger partial charge in [0.25, 0.3) is 0 Å². The van der Waals surface area contributed by atoms with Crippen LogP contribution in [0.2, 0.25) is 0 Å². The molecule has 0 radical (unpaired) electrons. The molecule has 0 aromatic heterocycles. The Labute approximate surface area is 100 Å². The van der Waals surface area contributed by atoms with Gasteiger partial charge in [0.05, 0.1) is 0 Å². The summed E-state index contributed by atoms with van der Waals surface area (Å²) in [6, 6.07) is 0. The van der Waals surface area contributed by atoms with Crippen LogP contribution in [-0.4, -0.2) is 41.3 Å². The van der Waals surface area contributed by atoms with Crippen LogP contribution >= 0.6 is 0 Å². The van der Waals surface area contributed by atoms with Gasteiger partial charge in [-0.1, -0.05) is 0 Å². The maximum atomic E-state index is 12.7. The van der Waals surface area contributed by atoms with Gasteiger partial charge in [-0.25, -0.2) is 4.79 Å². The topological polar surface area (TPSA) is 46.5 Å². The molecule has 0 amide bonds. The lowest BCUT2D eigenvalue weighted by molar-refractivity contribution is -0.474. The Morgan fingerprint density at radius 1 is 0.750 bits per heavy atom. The Morgan fingerprint density at radius 2 is 1.10 bits per heavy atom. The van der Waals surface area contributed by atoms with E-state index in [2.05, 4.69) is 0 Å². The van der Waals surface area contributed by atoms with Crippen molar-refractivity contribution in [2.45, 2.75) is 30.2 Å². The smallest absolute Gasteiger partial charge is 0.462 e. The van der Waals surface area contributed by atoms with Crippen molar-refractivity contribution in [2.24, 2.45) is 0 Å². The third-order valence-electron chi connectivity index (χ3n) is 1.63. The minimum atomic E-state index is -7.27. The van der Waals surface area contributed by atoms with Gasteiger partial charge in [0.15, 0.2) is 0 Å². The molecule has 0 bridgehead atoms. The Balaban J connectivity index is 5.73. The lowest BCUT2D eigenvalue weighted by atomic mass is 10.2. The zero-order valence-corrected chi connectivity index (χ0v) is 8.42. The number of alkyl halides is 11. The Hall–Kier alpha value is -1.34. The summed E-state index contributed by atoms with van der Waals surface area (Å²) >= 11 is 0. The third-order valence-corrected chi connectivity index (χ3v) is 1.63. The third kappa shape index (κ3) is 2.88. The molecule has 1 N–H and O–H groups in total. The number of hydrogen-bond donors (Lipinski definition) is 1. The molecule has 120 valence electrons. The second kappa shape index (κ2) is 4.60. The summed E-state index contributed by atoms with van der Waals surface area (Å²) in [7, 11) is 0. The lowest BCUT2D eigenvalue weighted by Crippen LogP contribution is -2.61. The molecule has 0 aliphatic heterocycles. The molecule has 0 saturated heterocycles. The van der Waals surface area contributed by atoms with E-state index in [1.165, 1.54) is 0 Å². The first-order valence-corrected chi connectivity index (χ1v) is 3.91. The van der Waals surface area contributed by atoms with Crippen LogP contribution in [0.1, 0.15) is 0 Å². The zero-order chi connectivity index (χ0) is 16.8. The van der Waals surface area contributed by atoms with E-state index in [0.29, 0.717) is 0 Å². The Bertz CT molecular complexity index is 383. The van der Waals surface area contributed by atoms with Crippen molar-refractivity contribution >= 4 is 5.97 Å². The van der Waals surface area contributed by atoms with Crippen molar-refractivity contribution in [1.82, 2.24) is 0 Å². The van der Waals surface area contributed by atoms with Crippen LogP contribution in [0.25, 0.3) is 0 Å². The first-order chi connectivity index (χ1) is 8.40. The van der Waals surface area contributed by atoms with Crippen LogP contribution in [0.3, 0.4) is 0 Å². The van der Waals surface area contributed by atoms with Crippen molar-refractivity contribution in [3.8, 4) is 0 Å². The van der Waals surface area contributed by atoms with Crippen LogP contribution in [0.4, 0.5) is 48.3 Å². The van der Waals surface area contributed by atoms with E-state index in [1.807, 2.05) is 0 Å². The van der Waals surface area contributed by atoms with E-state index in [1.54, 1.807) is 4.74 Å². The van der Waals surface area contributed by atoms with Crippen LogP contribution in [0.5, 0.6) is 0 Å². The number of carboxylic acid groups (broad SMARTS) is 1. The summed E-state index contributed by atoms with van der Waals surface area (Å²) in [4.78, 5) is 9.84. The normalized spacial score (nSPS) is 17.8. The van der Waals surface area contributed by atoms with Gasteiger partial charge >= 0.3 is 36.2 Å². The van der Waals surface area contributed by atoms with E-state index >= 15 is 0 Å². The number of rotatable bonds is 4. The number of ether oxygens (including phenoxy) is 1. The number of carbonyl (C=O) groups is 1. The number of hydrogen-bond acceptors (Lipinski definition) is 2. The molecule has 3 nitrogen and oxygen atoms in total. The zero-order valence-electron chi connectivity index (χ0n) is 8.42. The molecule has 0 saturated carbocycles. The van der Waals surface area contributed by atoms with E-state index in [0.717, 1.165) is 0 Å². The summed E-state index contributed by atoms with van der Waals surface area (Å²) in [6.07, 6.45) is -21.1. The fraction of sp³-hybridized carbons (Fsp3) is 0.833. The van der Waals surface area contributed by atoms with Gasteiger partial charge < -0.3 is 5.11 Å². The maximum absolute atomic E-state index is 12.7. The van der Waals surface area contributed by atoms with Crippen LogP contribution in [0, 0.1) is 0 Å². The minimum absolute atomic E-state index is 1.65. The average molecular weight is 330 g/mol. The molecule has 1 atom stereocenters. The van der Waals surface area contributed by atoms with Crippen LogP contribution in [0.15, 0.2) is 0 Å². The summed E-state index contributed by atoms with van der Waals surface area (Å²) in [6.45, 7) is 0. The highest BCUT2D eigenvalue weighted by Crippen LogP contribution is 2.50. The minimum Gasteiger partial charge on any atom is -0.477 e. The van der Waals surface area contributed by atoms with Crippen molar-refractivity contribution in [3.63, 3.8) is 0 Å². The fourth-order valence-corrected chi connectivity index (χ4v) is 0.628. The lowest BCUT2D eigenvalue weighted by Gasteiger charge is -2.32. The van der Waals surface area contributed by atoms with Gasteiger partial charge in [0.1, 0.15) is 0 Å². The van der Waals surface area contributed by atoms with Gasteiger partial charge in [0, 0.05) is 0 Å². The standard InChI is InChI=1S/C6HF11O3/c7-2(1(18)19,4(10,11)12)20-6(16,17)3(8,9)5(13,14)15/h(H,18,19)/t2-/m0/s1. The summed E-state index contributed by atoms with van der Waals surface area (Å²) in [5, 5.41) is 7.72. The number of halogens is 11. The summed E-state index contributed by atoms with van der Waals surface area (Å²) in [5.41, 5.74) is 0. The van der Waals surface area contributed by atoms with Gasteiger partial charge in [0.2, 0.25) is 0 Å². The highest BCUT2D eigenvalue weighted by molar-refractivity contribution is 5.76. The Kier molecular flexibility index (Phi) is 4.29. The summed E-state index contributed by atoms with van der Waals surface area (Å²) in [5.74, 6) is -17.6. The maximum Gasteiger partial charge on any atom is 0.462 e. The van der Waals surface area contributed by atoms with Crippen molar-refractivity contribution < 1.29 is 62.9 Å². The predicted molar refractivity (Wildman–Crippen MR) is 34.6 cm³/mol. The molecule has 0 aromatic rings. The first-order valence-electron chi connectivity index (χ1n) is 3.91. The average Bonchev–Trinajstić information content (AvgIpc) is 2.12. The highest BCUT2D eigenvalue weighted by atomic mass is 19.4. The van der Waals surface area contributed by atoms with E-state index in [9.17, 15) is 53.1 Å². The van der Waals surface area contributed by atoms with Gasteiger partial charge in [-0.15, -0.1) is 0 Å². The van der Waals surface area contributed by atoms with Crippen LogP contribution in [-0.2, 0) is 9.53 Å². The van der Waals surface area contributed by atoms with E-state index in [4.69, 9.17) is 5.11 Å².